The lowest BCUT2D eigenvalue weighted by Gasteiger charge is -2.22. The molecule has 0 aliphatic carbocycles. The number of methoxy groups -OCH3 is 1. The number of hydrogen-bond donors (Lipinski definition) is 0. The van der Waals surface area contributed by atoms with Crippen molar-refractivity contribution in [2.45, 2.75) is 42.3 Å². The van der Waals surface area contributed by atoms with Gasteiger partial charge in [-0.25, -0.2) is 9.59 Å². The molecule has 28 heavy (non-hydrogen) atoms. The summed E-state index contributed by atoms with van der Waals surface area (Å²) in [6.45, 7) is 5.25. The minimum atomic E-state index is -1.48. The molecule has 0 N–H and O–H groups in total. The lowest BCUT2D eigenvalue weighted by Crippen LogP contribution is -2.31. The van der Waals surface area contributed by atoms with Crippen LogP contribution in [0.3, 0.4) is 0 Å². The number of carbonyl (C=O) groups excluding carboxylic acids is 3. The highest BCUT2D eigenvalue weighted by atomic mass is 32.2. The lowest BCUT2D eigenvalue weighted by molar-refractivity contribution is -0.150. The Kier molecular flexibility index (Phi) is 7.23. The highest BCUT2D eigenvalue weighted by Crippen LogP contribution is 2.36. The molecule has 0 bridgehead atoms. The van der Waals surface area contributed by atoms with Gasteiger partial charge in [0.05, 0.1) is 7.11 Å². The van der Waals surface area contributed by atoms with Crippen LogP contribution in [0, 0.1) is 0 Å². The van der Waals surface area contributed by atoms with Gasteiger partial charge in [0.25, 0.3) is 0 Å². The lowest BCUT2D eigenvalue weighted by atomic mass is 10.1. The summed E-state index contributed by atoms with van der Waals surface area (Å²) in [6.07, 6.45) is -1.16. The Labute approximate surface area is 168 Å². The standard InChI is InChI=1S/C21H22O6S/c1-21(2,3)27-20(24)18-15(26-16(13-22)19(23)25-4)11-8-12-17(18)28-14-9-6-5-7-10-14/h5-13,16H,1-4H3. The van der Waals surface area contributed by atoms with E-state index >= 15 is 0 Å². The Bertz CT molecular complexity index is 842. The van der Waals surface area contributed by atoms with Gasteiger partial charge >= 0.3 is 11.9 Å². The molecule has 0 amide bonds. The summed E-state index contributed by atoms with van der Waals surface area (Å²) >= 11 is 1.35. The zero-order valence-corrected chi connectivity index (χ0v) is 16.9. The van der Waals surface area contributed by atoms with E-state index in [1.54, 1.807) is 32.9 Å². The number of rotatable bonds is 7. The van der Waals surface area contributed by atoms with Gasteiger partial charge in [-0.2, -0.15) is 0 Å². The third-order valence-corrected chi connectivity index (χ3v) is 4.44. The summed E-state index contributed by atoms with van der Waals surface area (Å²) < 4.78 is 15.6. The molecule has 7 heteroatoms. The van der Waals surface area contributed by atoms with Crippen molar-refractivity contribution in [2.24, 2.45) is 0 Å². The smallest absolute Gasteiger partial charge is 0.354 e. The summed E-state index contributed by atoms with van der Waals surface area (Å²) in [5, 5.41) is 0. The van der Waals surface area contributed by atoms with Crippen molar-refractivity contribution in [3.63, 3.8) is 0 Å². The van der Waals surface area contributed by atoms with Crippen molar-refractivity contribution in [3.8, 4) is 5.75 Å². The molecule has 0 aromatic heterocycles. The van der Waals surface area contributed by atoms with Gasteiger partial charge in [0, 0.05) is 9.79 Å². The van der Waals surface area contributed by atoms with Crippen molar-refractivity contribution in [2.75, 3.05) is 7.11 Å². The van der Waals surface area contributed by atoms with Crippen LogP contribution in [-0.2, 0) is 19.1 Å². The van der Waals surface area contributed by atoms with E-state index in [4.69, 9.17) is 9.47 Å². The van der Waals surface area contributed by atoms with Crippen molar-refractivity contribution in [1.82, 2.24) is 0 Å². The number of esters is 2. The van der Waals surface area contributed by atoms with Crippen molar-refractivity contribution < 1.29 is 28.6 Å². The van der Waals surface area contributed by atoms with E-state index in [2.05, 4.69) is 4.74 Å². The summed E-state index contributed by atoms with van der Waals surface area (Å²) in [4.78, 5) is 37.3. The largest absolute Gasteiger partial charge is 0.470 e. The van der Waals surface area contributed by atoms with Gasteiger partial charge in [-0.1, -0.05) is 36.0 Å². The van der Waals surface area contributed by atoms with Crippen LogP contribution in [0.5, 0.6) is 5.75 Å². The van der Waals surface area contributed by atoms with Crippen molar-refractivity contribution in [1.29, 1.82) is 0 Å². The van der Waals surface area contributed by atoms with Gasteiger partial charge in [0.15, 0.2) is 6.29 Å². The first-order chi connectivity index (χ1) is 13.2. The Morgan fingerprint density at radius 3 is 2.29 bits per heavy atom. The van der Waals surface area contributed by atoms with E-state index in [1.807, 2.05) is 30.3 Å². The van der Waals surface area contributed by atoms with Crippen molar-refractivity contribution >= 4 is 30.0 Å². The zero-order chi connectivity index (χ0) is 20.7. The molecular formula is C21H22O6S. The molecule has 0 fully saturated rings. The van der Waals surface area contributed by atoms with Gasteiger partial charge in [0.1, 0.15) is 16.9 Å². The number of aldehydes is 1. The molecular weight excluding hydrogens is 380 g/mol. The molecule has 1 unspecified atom stereocenters. The van der Waals surface area contributed by atoms with Crippen LogP contribution in [0.1, 0.15) is 31.1 Å². The van der Waals surface area contributed by atoms with E-state index < -0.39 is 23.6 Å². The number of benzene rings is 2. The minimum Gasteiger partial charge on any atom is -0.470 e. The molecule has 148 valence electrons. The van der Waals surface area contributed by atoms with E-state index in [-0.39, 0.29) is 11.3 Å². The maximum atomic E-state index is 12.9. The number of ether oxygens (including phenoxy) is 3. The zero-order valence-electron chi connectivity index (χ0n) is 16.1. The molecule has 0 aliphatic rings. The third-order valence-electron chi connectivity index (χ3n) is 3.37. The van der Waals surface area contributed by atoms with Crippen LogP contribution < -0.4 is 4.74 Å². The Hall–Kier alpha value is -2.80. The quantitative estimate of drug-likeness (QED) is 0.395. The summed E-state index contributed by atoms with van der Waals surface area (Å²) in [5.41, 5.74) is -0.590. The fourth-order valence-corrected chi connectivity index (χ4v) is 3.20. The Morgan fingerprint density at radius 1 is 1.04 bits per heavy atom. The van der Waals surface area contributed by atoms with Crippen molar-refractivity contribution in [3.05, 3.63) is 54.1 Å². The van der Waals surface area contributed by atoms with Gasteiger partial charge in [0.2, 0.25) is 6.10 Å². The molecule has 0 radical (unpaired) electrons. The van der Waals surface area contributed by atoms with Gasteiger partial charge in [-0.3, -0.25) is 4.79 Å². The number of hydrogen-bond acceptors (Lipinski definition) is 7. The number of carbonyl (C=O) groups is 3. The molecule has 2 aromatic rings. The molecule has 2 rings (SSSR count). The van der Waals surface area contributed by atoms with Crippen LogP contribution in [0.15, 0.2) is 58.3 Å². The molecule has 1 atom stereocenters. The first kappa shape index (κ1) is 21.5. The maximum Gasteiger partial charge on any atom is 0.354 e. The van der Waals surface area contributed by atoms with Crippen LogP contribution in [0.4, 0.5) is 0 Å². The second-order valence-electron chi connectivity index (χ2n) is 6.74. The second kappa shape index (κ2) is 9.41. The molecule has 0 saturated heterocycles. The SMILES string of the molecule is COC(=O)C(C=O)Oc1cccc(Sc2ccccc2)c1C(=O)OC(C)(C)C. The van der Waals surface area contributed by atoms with Gasteiger partial charge in [-0.05, 0) is 45.0 Å². The van der Waals surface area contributed by atoms with Crippen LogP contribution in [-0.4, -0.2) is 37.0 Å². The first-order valence-corrected chi connectivity index (χ1v) is 9.36. The third kappa shape index (κ3) is 5.85. The molecule has 0 saturated carbocycles. The van der Waals surface area contributed by atoms with E-state index in [0.29, 0.717) is 11.2 Å². The maximum absolute atomic E-state index is 12.9. The normalized spacial score (nSPS) is 12.0. The van der Waals surface area contributed by atoms with E-state index in [0.717, 1.165) is 12.0 Å². The molecule has 0 spiro atoms. The van der Waals surface area contributed by atoms with Crippen LogP contribution in [0.25, 0.3) is 0 Å². The predicted molar refractivity (Wildman–Crippen MR) is 105 cm³/mol. The average molecular weight is 402 g/mol. The molecule has 0 heterocycles. The Balaban J connectivity index is 2.48. The van der Waals surface area contributed by atoms with Gasteiger partial charge < -0.3 is 14.2 Å². The molecule has 0 aliphatic heterocycles. The summed E-state index contributed by atoms with van der Waals surface area (Å²) in [6, 6.07) is 14.4. The predicted octanol–water partition coefficient (Wildman–Crippen LogP) is 3.91. The van der Waals surface area contributed by atoms with E-state index in [9.17, 15) is 14.4 Å². The Morgan fingerprint density at radius 2 is 1.71 bits per heavy atom. The van der Waals surface area contributed by atoms with Gasteiger partial charge in [-0.15, -0.1) is 0 Å². The molecule has 6 nitrogen and oxygen atoms in total. The summed E-state index contributed by atoms with van der Waals surface area (Å²) in [5.74, 6) is -1.40. The fraction of sp³-hybridized carbons (Fsp3) is 0.286. The van der Waals surface area contributed by atoms with Crippen LogP contribution >= 0.6 is 11.8 Å². The minimum absolute atomic E-state index is 0.0673. The van der Waals surface area contributed by atoms with Crippen LogP contribution in [0.2, 0.25) is 0 Å². The highest BCUT2D eigenvalue weighted by molar-refractivity contribution is 7.99. The monoisotopic (exact) mass is 402 g/mol. The topological polar surface area (TPSA) is 78.9 Å². The first-order valence-electron chi connectivity index (χ1n) is 8.54. The molecule has 2 aromatic carbocycles. The highest BCUT2D eigenvalue weighted by Gasteiger charge is 2.28. The van der Waals surface area contributed by atoms with E-state index in [1.165, 1.54) is 17.8 Å². The second-order valence-corrected chi connectivity index (χ2v) is 7.86. The summed E-state index contributed by atoms with van der Waals surface area (Å²) in [7, 11) is 1.15. The fourth-order valence-electron chi connectivity index (χ4n) is 2.22. The average Bonchev–Trinajstić information content (AvgIpc) is 2.65.